The maximum atomic E-state index is 12.5. The monoisotopic (exact) mass is 303 g/mol. The van der Waals surface area contributed by atoms with E-state index in [0.29, 0.717) is 11.5 Å². The van der Waals surface area contributed by atoms with Gasteiger partial charge in [-0.15, -0.1) is 0 Å². The molecule has 1 aromatic rings. The van der Waals surface area contributed by atoms with Gasteiger partial charge in [-0.3, -0.25) is 14.4 Å². The van der Waals surface area contributed by atoms with Crippen molar-refractivity contribution in [1.29, 1.82) is 0 Å². The van der Waals surface area contributed by atoms with E-state index in [1.165, 1.54) is 4.90 Å². The maximum Gasteiger partial charge on any atom is 0.253 e. The minimum absolute atomic E-state index is 0.133. The highest BCUT2D eigenvalue weighted by Gasteiger charge is 2.41. The SMILES string of the molecule is CC(C)c1ccc(C(=O)N2C[C@H](C(N)=O)[C@@H](C(N)=O)C2)cc1. The lowest BCUT2D eigenvalue weighted by Gasteiger charge is -2.16. The molecule has 1 aliphatic heterocycles. The van der Waals surface area contributed by atoms with Crippen LogP contribution in [-0.2, 0) is 9.59 Å². The van der Waals surface area contributed by atoms with Crippen molar-refractivity contribution >= 4 is 17.7 Å². The highest BCUT2D eigenvalue weighted by molar-refractivity contribution is 5.96. The van der Waals surface area contributed by atoms with Crippen molar-refractivity contribution in [3.63, 3.8) is 0 Å². The van der Waals surface area contributed by atoms with Gasteiger partial charge in [-0.25, -0.2) is 0 Å². The first-order valence-electron chi connectivity index (χ1n) is 7.29. The van der Waals surface area contributed by atoms with E-state index in [9.17, 15) is 14.4 Å². The van der Waals surface area contributed by atoms with Crippen molar-refractivity contribution in [3.05, 3.63) is 35.4 Å². The fourth-order valence-electron chi connectivity index (χ4n) is 2.74. The molecule has 0 aliphatic carbocycles. The molecule has 0 unspecified atom stereocenters. The molecule has 118 valence electrons. The van der Waals surface area contributed by atoms with Crippen molar-refractivity contribution in [3.8, 4) is 0 Å². The number of carbonyl (C=O) groups is 3. The molecule has 0 spiro atoms. The molecule has 3 amide bonds. The summed E-state index contributed by atoms with van der Waals surface area (Å²) in [7, 11) is 0. The topological polar surface area (TPSA) is 106 Å². The van der Waals surface area contributed by atoms with Gasteiger partial charge in [0.15, 0.2) is 0 Å². The first-order chi connectivity index (χ1) is 10.3. The van der Waals surface area contributed by atoms with E-state index in [-0.39, 0.29) is 19.0 Å². The lowest BCUT2D eigenvalue weighted by molar-refractivity contribution is -0.129. The van der Waals surface area contributed by atoms with Crippen LogP contribution >= 0.6 is 0 Å². The predicted octanol–water partition coefficient (Wildman–Crippen LogP) is 0.469. The molecule has 4 N–H and O–H groups in total. The molecular weight excluding hydrogens is 282 g/mol. The van der Waals surface area contributed by atoms with Gasteiger partial charge in [0.25, 0.3) is 5.91 Å². The molecule has 0 radical (unpaired) electrons. The Morgan fingerprint density at radius 2 is 1.45 bits per heavy atom. The highest BCUT2D eigenvalue weighted by atomic mass is 16.2. The number of primary amides is 2. The van der Waals surface area contributed by atoms with E-state index in [0.717, 1.165) is 5.56 Å². The summed E-state index contributed by atoms with van der Waals surface area (Å²) in [6.07, 6.45) is 0. The summed E-state index contributed by atoms with van der Waals surface area (Å²) in [6, 6.07) is 7.33. The van der Waals surface area contributed by atoms with E-state index >= 15 is 0 Å². The number of benzene rings is 1. The standard InChI is InChI=1S/C16H21N3O3/c1-9(2)10-3-5-11(6-4-10)16(22)19-7-12(14(17)20)13(8-19)15(18)21/h3-6,9,12-13H,7-8H2,1-2H3,(H2,17,20)(H2,18,21)/t12-,13-/m0/s1. The number of nitrogens with zero attached hydrogens (tertiary/aromatic N) is 1. The smallest absolute Gasteiger partial charge is 0.253 e. The lowest BCUT2D eigenvalue weighted by atomic mass is 9.95. The predicted molar refractivity (Wildman–Crippen MR) is 81.8 cm³/mol. The van der Waals surface area contributed by atoms with Crippen LogP contribution in [0.2, 0.25) is 0 Å². The summed E-state index contributed by atoms with van der Waals surface area (Å²) in [4.78, 5) is 36.8. The third kappa shape index (κ3) is 3.10. The van der Waals surface area contributed by atoms with Crippen LogP contribution < -0.4 is 11.5 Å². The molecule has 1 heterocycles. The van der Waals surface area contributed by atoms with E-state index in [2.05, 4.69) is 13.8 Å². The average Bonchev–Trinajstić information content (AvgIpc) is 2.92. The van der Waals surface area contributed by atoms with Crippen LogP contribution in [-0.4, -0.2) is 35.7 Å². The number of carbonyl (C=O) groups excluding carboxylic acids is 3. The van der Waals surface area contributed by atoms with Gasteiger partial charge in [0, 0.05) is 18.7 Å². The first-order valence-corrected chi connectivity index (χ1v) is 7.29. The van der Waals surface area contributed by atoms with E-state index in [1.54, 1.807) is 12.1 Å². The molecule has 22 heavy (non-hydrogen) atoms. The van der Waals surface area contributed by atoms with Gasteiger partial charge in [-0.05, 0) is 23.6 Å². The molecule has 1 fully saturated rings. The lowest BCUT2D eigenvalue weighted by Crippen LogP contribution is -2.36. The summed E-state index contributed by atoms with van der Waals surface area (Å²) >= 11 is 0. The Balaban J connectivity index is 2.16. The van der Waals surface area contributed by atoms with Crippen LogP contribution in [0.1, 0.15) is 35.7 Å². The summed E-state index contributed by atoms with van der Waals surface area (Å²) in [5, 5.41) is 0. The molecular formula is C16H21N3O3. The largest absolute Gasteiger partial charge is 0.369 e. The van der Waals surface area contributed by atoms with Crippen molar-refractivity contribution in [2.75, 3.05) is 13.1 Å². The summed E-state index contributed by atoms with van der Waals surface area (Å²) in [6.45, 7) is 4.42. The second-order valence-corrected chi connectivity index (χ2v) is 6.00. The number of nitrogens with two attached hydrogens (primary N) is 2. The van der Waals surface area contributed by atoms with Gasteiger partial charge in [0.05, 0.1) is 11.8 Å². The number of amides is 3. The molecule has 6 heteroatoms. The van der Waals surface area contributed by atoms with Crippen LogP contribution in [0.15, 0.2) is 24.3 Å². The zero-order chi connectivity index (χ0) is 16.4. The van der Waals surface area contributed by atoms with Gasteiger partial charge in [0.2, 0.25) is 11.8 Å². The van der Waals surface area contributed by atoms with Crippen molar-refractivity contribution in [1.82, 2.24) is 4.90 Å². The molecule has 2 atom stereocenters. The summed E-state index contributed by atoms with van der Waals surface area (Å²) in [5.74, 6) is -2.46. The van der Waals surface area contributed by atoms with Crippen molar-refractivity contribution in [2.24, 2.45) is 23.3 Å². The Kier molecular flexibility index (Phi) is 4.49. The fraction of sp³-hybridized carbons (Fsp3) is 0.438. The molecule has 2 rings (SSSR count). The zero-order valence-electron chi connectivity index (χ0n) is 12.8. The minimum atomic E-state index is -0.712. The van der Waals surface area contributed by atoms with Gasteiger partial charge >= 0.3 is 0 Å². The molecule has 0 aromatic heterocycles. The Hall–Kier alpha value is -2.37. The van der Waals surface area contributed by atoms with Gasteiger partial charge in [-0.2, -0.15) is 0 Å². The Labute approximate surface area is 129 Å². The second-order valence-electron chi connectivity index (χ2n) is 6.00. The van der Waals surface area contributed by atoms with Crippen molar-refractivity contribution < 1.29 is 14.4 Å². The Morgan fingerprint density at radius 1 is 1.00 bits per heavy atom. The summed E-state index contributed by atoms with van der Waals surface area (Å²) in [5.41, 5.74) is 12.3. The second kappa shape index (κ2) is 6.17. The highest BCUT2D eigenvalue weighted by Crippen LogP contribution is 2.25. The molecule has 1 aliphatic rings. The number of rotatable bonds is 4. The van der Waals surface area contributed by atoms with Crippen LogP contribution in [0.5, 0.6) is 0 Å². The third-order valence-corrected chi connectivity index (χ3v) is 4.16. The van der Waals surface area contributed by atoms with E-state index in [1.807, 2.05) is 12.1 Å². The van der Waals surface area contributed by atoms with E-state index in [4.69, 9.17) is 11.5 Å². The quantitative estimate of drug-likeness (QED) is 0.844. The van der Waals surface area contributed by atoms with Crippen LogP contribution in [0.4, 0.5) is 0 Å². The Morgan fingerprint density at radius 3 is 1.82 bits per heavy atom. The molecule has 0 bridgehead atoms. The molecule has 0 saturated carbocycles. The fourth-order valence-corrected chi connectivity index (χ4v) is 2.74. The molecule has 1 aromatic carbocycles. The van der Waals surface area contributed by atoms with Crippen LogP contribution in [0.3, 0.4) is 0 Å². The van der Waals surface area contributed by atoms with Crippen LogP contribution in [0, 0.1) is 11.8 Å². The van der Waals surface area contributed by atoms with E-state index < -0.39 is 23.7 Å². The van der Waals surface area contributed by atoms with Crippen molar-refractivity contribution in [2.45, 2.75) is 19.8 Å². The summed E-state index contributed by atoms with van der Waals surface area (Å²) < 4.78 is 0. The number of hydrogen-bond acceptors (Lipinski definition) is 3. The normalized spacial score (nSPS) is 21.1. The third-order valence-electron chi connectivity index (χ3n) is 4.16. The number of hydrogen-bond donors (Lipinski definition) is 2. The minimum Gasteiger partial charge on any atom is -0.369 e. The zero-order valence-corrected chi connectivity index (χ0v) is 12.8. The molecule has 1 saturated heterocycles. The van der Waals surface area contributed by atoms with Crippen LogP contribution in [0.25, 0.3) is 0 Å². The average molecular weight is 303 g/mol. The Bertz CT molecular complexity index is 573. The molecule has 6 nitrogen and oxygen atoms in total. The van der Waals surface area contributed by atoms with Gasteiger partial charge < -0.3 is 16.4 Å². The maximum absolute atomic E-state index is 12.5. The first kappa shape index (κ1) is 16.0. The van der Waals surface area contributed by atoms with Gasteiger partial charge in [-0.1, -0.05) is 26.0 Å². The number of likely N-dealkylation sites (tertiary alicyclic amines) is 1. The van der Waals surface area contributed by atoms with Gasteiger partial charge in [0.1, 0.15) is 0 Å².